The lowest BCUT2D eigenvalue weighted by Crippen LogP contribution is -2.18. The summed E-state index contributed by atoms with van der Waals surface area (Å²) < 4.78 is 5.42. The molecule has 0 aromatic heterocycles. The van der Waals surface area contributed by atoms with Crippen molar-refractivity contribution in [2.45, 2.75) is 32.1 Å². The van der Waals surface area contributed by atoms with Gasteiger partial charge in [-0.3, -0.25) is 0 Å². The molecule has 0 N–H and O–H groups in total. The van der Waals surface area contributed by atoms with Crippen LogP contribution >= 0.6 is 0 Å². The van der Waals surface area contributed by atoms with Gasteiger partial charge in [0.15, 0.2) is 0 Å². The van der Waals surface area contributed by atoms with Crippen molar-refractivity contribution in [3.63, 3.8) is 0 Å². The first-order chi connectivity index (χ1) is 9.13. The van der Waals surface area contributed by atoms with Gasteiger partial charge in [-0.1, -0.05) is 62.4 Å². The fourth-order valence-corrected chi connectivity index (χ4v) is 2.39. The highest BCUT2D eigenvalue weighted by atomic mass is 16.5. The van der Waals surface area contributed by atoms with Crippen LogP contribution in [-0.4, -0.2) is 7.11 Å². The summed E-state index contributed by atoms with van der Waals surface area (Å²) in [6, 6.07) is 19.0. The molecule has 0 saturated carbocycles. The molecule has 0 radical (unpaired) electrons. The Bertz CT molecular complexity index is 514. The van der Waals surface area contributed by atoms with Gasteiger partial charge in [0.2, 0.25) is 0 Å². The molecular weight excluding hydrogens is 232 g/mol. The van der Waals surface area contributed by atoms with Crippen LogP contribution in [0.5, 0.6) is 5.75 Å². The quantitative estimate of drug-likeness (QED) is 0.757. The molecule has 2 rings (SSSR count). The molecular formula is C18H22O. The van der Waals surface area contributed by atoms with Crippen LogP contribution in [0, 0.1) is 0 Å². The summed E-state index contributed by atoms with van der Waals surface area (Å²) >= 11 is 0. The van der Waals surface area contributed by atoms with Crippen molar-refractivity contribution in [1.82, 2.24) is 0 Å². The van der Waals surface area contributed by atoms with Gasteiger partial charge in [-0.25, -0.2) is 0 Å². The molecule has 1 nitrogen and oxygen atoms in total. The maximum Gasteiger partial charge on any atom is 0.122 e. The summed E-state index contributed by atoms with van der Waals surface area (Å²) in [6.45, 7) is 4.61. The lowest BCUT2D eigenvalue weighted by molar-refractivity contribution is 0.404. The van der Waals surface area contributed by atoms with Crippen LogP contribution < -0.4 is 4.74 Å². The predicted octanol–water partition coefficient (Wildman–Crippen LogP) is 4.61. The topological polar surface area (TPSA) is 9.23 Å². The third kappa shape index (κ3) is 3.37. The van der Waals surface area contributed by atoms with E-state index in [1.807, 2.05) is 12.1 Å². The van der Waals surface area contributed by atoms with E-state index in [0.29, 0.717) is 0 Å². The average molecular weight is 254 g/mol. The third-order valence-electron chi connectivity index (χ3n) is 3.77. The zero-order chi connectivity index (χ0) is 13.7. The van der Waals surface area contributed by atoms with Crippen LogP contribution in [0.2, 0.25) is 0 Å². The molecule has 2 aromatic carbocycles. The first-order valence-corrected chi connectivity index (χ1v) is 6.81. The molecule has 0 aliphatic rings. The van der Waals surface area contributed by atoms with Crippen molar-refractivity contribution < 1.29 is 4.74 Å². The molecule has 0 atom stereocenters. The second-order valence-corrected chi connectivity index (χ2v) is 5.56. The van der Waals surface area contributed by atoms with E-state index in [1.54, 1.807) is 7.11 Å². The number of hydrogen-bond acceptors (Lipinski definition) is 1. The smallest absolute Gasteiger partial charge is 0.122 e. The number of aryl methyl sites for hydroxylation is 1. The highest BCUT2D eigenvalue weighted by Crippen LogP contribution is 2.30. The minimum atomic E-state index is 0.183. The fourth-order valence-electron chi connectivity index (χ4n) is 2.39. The maximum absolute atomic E-state index is 5.42. The Morgan fingerprint density at radius 1 is 0.895 bits per heavy atom. The Hall–Kier alpha value is -1.76. The van der Waals surface area contributed by atoms with Gasteiger partial charge in [0, 0.05) is 0 Å². The van der Waals surface area contributed by atoms with Crippen LogP contribution in [0.25, 0.3) is 0 Å². The van der Waals surface area contributed by atoms with Gasteiger partial charge in [0.1, 0.15) is 5.75 Å². The van der Waals surface area contributed by atoms with Crippen LogP contribution in [0.15, 0.2) is 54.6 Å². The Morgan fingerprint density at radius 3 is 2.21 bits per heavy atom. The first-order valence-electron chi connectivity index (χ1n) is 6.81. The molecule has 1 heteroatoms. The molecule has 0 spiro atoms. The molecule has 0 fully saturated rings. The zero-order valence-electron chi connectivity index (χ0n) is 12.0. The SMILES string of the molecule is COc1ccccc1CCC(C)(C)c1ccccc1. The van der Waals surface area contributed by atoms with E-state index in [4.69, 9.17) is 4.74 Å². The molecule has 0 bridgehead atoms. The summed E-state index contributed by atoms with van der Waals surface area (Å²) in [4.78, 5) is 0. The second kappa shape index (κ2) is 5.92. The molecule has 100 valence electrons. The lowest BCUT2D eigenvalue weighted by atomic mass is 9.79. The molecule has 19 heavy (non-hydrogen) atoms. The normalized spacial score (nSPS) is 11.3. The van der Waals surface area contributed by atoms with Gasteiger partial charge in [-0.2, -0.15) is 0 Å². The number of methoxy groups -OCH3 is 1. The van der Waals surface area contributed by atoms with E-state index in [1.165, 1.54) is 11.1 Å². The fraction of sp³-hybridized carbons (Fsp3) is 0.333. The summed E-state index contributed by atoms with van der Waals surface area (Å²) in [6.07, 6.45) is 2.14. The van der Waals surface area contributed by atoms with Gasteiger partial charge in [-0.15, -0.1) is 0 Å². The summed E-state index contributed by atoms with van der Waals surface area (Å²) in [5.41, 5.74) is 2.86. The highest BCUT2D eigenvalue weighted by Gasteiger charge is 2.20. The van der Waals surface area contributed by atoms with Crippen LogP contribution in [0.1, 0.15) is 31.4 Å². The van der Waals surface area contributed by atoms with Gasteiger partial charge in [0.25, 0.3) is 0 Å². The Balaban J connectivity index is 2.10. The van der Waals surface area contributed by atoms with E-state index in [2.05, 4.69) is 56.3 Å². The van der Waals surface area contributed by atoms with Crippen molar-refractivity contribution in [3.05, 3.63) is 65.7 Å². The van der Waals surface area contributed by atoms with Crippen LogP contribution in [-0.2, 0) is 11.8 Å². The molecule has 0 aliphatic heterocycles. The number of benzene rings is 2. The van der Waals surface area contributed by atoms with Gasteiger partial charge in [0.05, 0.1) is 7.11 Å². The van der Waals surface area contributed by atoms with Crippen molar-refractivity contribution in [2.75, 3.05) is 7.11 Å². The molecule has 2 aromatic rings. The third-order valence-corrected chi connectivity index (χ3v) is 3.77. The first kappa shape index (κ1) is 13.7. The molecule has 0 saturated heterocycles. The lowest BCUT2D eigenvalue weighted by Gasteiger charge is -2.25. The predicted molar refractivity (Wildman–Crippen MR) is 80.8 cm³/mol. The minimum absolute atomic E-state index is 0.183. The van der Waals surface area contributed by atoms with Gasteiger partial charge in [-0.05, 0) is 35.4 Å². The number of rotatable bonds is 5. The van der Waals surface area contributed by atoms with E-state index in [0.717, 1.165) is 18.6 Å². The largest absolute Gasteiger partial charge is 0.496 e. The Morgan fingerprint density at radius 2 is 1.53 bits per heavy atom. The van der Waals surface area contributed by atoms with Crippen molar-refractivity contribution in [2.24, 2.45) is 0 Å². The average Bonchev–Trinajstić information content (AvgIpc) is 2.46. The molecule has 0 heterocycles. The molecule has 0 aliphatic carbocycles. The van der Waals surface area contributed by atoms with E-state index < -0.39 is 0 Å². The standard InChI is InChI=1S/C18H22O/c1-18(2,16-10-5-4-6-11-16)14-13-15-9-7-8-12-17(15)19-3/h4-12H,13-14H2,1-3H3. The van der Waals surface area contributed by atoms with Gasteiger partial charge < -0.3 is 4.74 Å². The summed E-state index contributed by atoms with van der Waals surface area (Å²) in [7, 11) is 1.74. The minimum Gasteiger partial charge on any atom is -0.496 e. The summed E-state index contributed by atoms with van der Waals surface area (Å²) in [5.74, 6) is 0.992. The Kier molecular flexibility index (Phi) is 4.26. The van der Waals surface area contributed by atoms with Crippen LogP contribution in [0.3, 0.4) is 0 Å². The Labute approximate surface area is 116 Å². The van der Waals surface area contributed by atoms with E-state index in [9.17, 15) is 0 Å². The van der Waals surface area contributed by atoms with Crippen molar-refractivity contribution in [3.8, 4) is 5.75 Å². The van der Waals surface area contributed by atoms with Crippen molar-refractivity contribution in [1.29, 1.82) is 0 Å². The van der Waals surface area contributed by atoms with Crippen molar-refractivity contribution >= 4 is 0 Å². The van der Waals surface area contributed by atoms with E-state index in [-0.39, 0.29) is 5.41 Å². The highest BCUT2D eigenvalue weighted by molar-refractivity contribution is 5.34. The van der Waals surface area contributed by atoms with Crippen LogP contribution in [0.4, 0.5) is 0 Å². The molecule has 0 unspecified atom stereocenters. The second-order valence-electron chi connectivity index (χ2n) is 5.56. The maximum atomic E-state index is 5.42. The summed E-state index contributed by atoms with van der Waals surface area (Å²) in [5, 5.41) is 0. The monoisotopic (exact) mass is 254 g/mol. The van der Waals surface area contributed by atoms with E-state index >= 15 is 0 Å². The number of para-hydroxylation sites is 1. The number of ether oxygens (including phenoxy) is 1. The van der Waals surface area contributed by atoms with Gasteiger partial charge >= 0.3 is 0 Å². The zero-order valence-corrected chi connectivity index (χ0v) is 12.0. The molecule has 0 amide bonds. The number of hydrogen-bond donors (Lipinski definition) is 0.